The summed E-state index contributed by atoms with van der Waals surface area (Å²) in [5.41, 5.74) is 0.275. The van der Waals surface area contributed by atoms with Crippen molar-refractivity contribution < 1.29 is 4.74 Å². The van der Waals surface area contributed by atoms with Gasteiger partial charge in [0.2, 0.25) is 0 Å². The molecule has 0 amide bonds. The number of ether oxygens (including phenoxy) is 1. The number of piperazine rings is 1. The summed E-state index contributed by atoms with van der Waals surface area (Å²) in [6.45, 7) is 13.6. The standard InChI is InChI=1S/C14H30N2O/c1-6-12(2)13-10-16(8-7-9-17-5)14(3,4)11-15-13/h12-13,15H,6-11H2,1-5H3. The lowest BCUT2D eigenvalue weighted by Crippen LogP contribution is -2.63. The second-order valence-corrected chi connectivity index (χ2v) is 5.98. The number of nitrogens with zero attached hydrogens (tertiary/aromatic N) is 1. The molecule has 3 nitrogen and oxygen atoms in total. The predicted molar refractivity (Wildman–Crippen MR) is 73.4 cm³/mol. The second kappa shape index (κ2) is 6.72. The van der Waals surface area contributed by atoms with Gasteiger partial charge in [-0.3, -0.25) is 4.90 Å². The Labute approximate surface area is 107 Å². The minimum Gasteiger partial charge on any atom is -0.385 e. The Morgan fingerprint density at radius 2 is 2.18 bits per heavy atom. The molecule has 102 valence electrons. The van der Waals surface area contributed by atoms with Crippen LogP contribution in [0.25, 0.3) is 0 Å². The van der Waals surface area contributed by atoms with Crippen molar-refractivity contribution in [1.29, 1.82) is 0 Å². The van der Waals surface area contributed by atoms with E-state index in [4.69, 9.17) is 4.74 Å². The highest BCUT2D eigenvalue weighted by Gasteiger charge is 2.34. The van der Waals surface area contributed by atoms with Crippen LogP contribution in [0, 0.1) is 5.92 Å². The van der Waals surface area contributed by atoms with E-state index >= 15 is 0 Å². The van der Waals surface area contributed by atoms with E-state index in [-0.39, 0.29) is 5.54 Å². The number of methoxy groups -OCH3 is 1. The highest BCUT2D eigenvalue weighted by molar-refractivity contribution is 4.94. The molecule has 1 rings (SSSR count). The van der Waals surface area contributed by atoms with Gasteiger partial charge in [0.05, 0.1) is 0 Å². The van der Waals surface area contributed by atoms with E-state index in [1.54, 1.807) is 7.11 Å². The highest BCUT2D eigenvalue weighted by atomic mass is 16.5. The first kappa shape index (κ1) is 14.9. The molecule has 1 aliphatic rings. The van der Waals surface area contributed by atoms with Gasteiger partial charge in [0.25, 0.3) is 0 Å². The Bertz CT molecular complexity index is 218. The molecule has 1 heterocycles. The van der Waals surface area contributed by atoms with Crippen molar-refractivity contribution in [3.05, 3.63) is 0 Å². The van der Waals surface area contributed by atoms with Gasteiger partial charge in [0, 0.05) is 44.9 Å². The monoisotopic (exact) mass is 242 g/mol. The van der Waals surface area contributed by atoms with Crippen molar-refractivity contribution >= 4 is 0 Å². The topological polar surface area (TPSA) is 24.5 Å². The first-order chi connectivity index (χ1) is 8.01. The maximum absolute atomic E-state index is 5.15. The van der Waals surface area contributed by atoms with E-state index in [2.05, 4.69) is 37.9 Å². The Morgan fingerprint density at radius 3 is 2.76 bits per heavy atom. The molecule has 1 aliphatic heterocycles. The molecule has 0 saturated carbocycles. The molecule has 0 aliphatic carbocycles. The Hall–Kier alpha value is -0.120. The number of rotatable bonds is 6. The van der Waals surface area contributed by atoms with Gasteiger partial charge in [-0.2, -0.15) is 0 Å². The molecule has 2 atom stereocenters. The molecular formula is C14H30N2O. The summed E-state index contributed by atoms with van der Waals surface area (Å²) in [5, 5.41) is 3.71. The van der Waals surface area contributed by atoms with Crippen LogP contribution in [0.5, 0.6) is 0 Å². The lowest BCUT2D eigenvalue weighted by Gasteiger charge is -2.47. The lowest BCUT2D eigenvalue weighted by atomic mass is 9.91. The first-order valence-electron chi connectivity index (χ1n) is 6.98. The van der Waals surface area contributed by atoms with Crippen molar-refractivity contribution in [2.45, 2.75) is 52.1 Å². The summed E-state index contributed by atoms with van der Waals surface area (Å²) in [6, 6.07) is 0.649. The highest BCUT2D eigenvalue weighted by Crippen LogP contribution is 2.22. The third kappa shape index (κ3) is 4.23. The molecular weight excluding hydrogens is 212 g/mol. The molecule has 0 aromatic carbocycles. The normalized spacial score (nSPS) is 27.0. The number of nitrogens with one attached hydrogen (secondary N) is 1. The first-order valence-corrected chi connectivity index (χ1v) is 6.98. The average Bonchev–Trinajstić information content (AvgIpc) is 2.30. The third-order valence-electron chi connectivity index (χ3n) is 4.18. The summed E-state index contributed by atoms with van der Waals surface area (Å²) in [6.07, 6.45) is 2.39. The van der Waals surface area contributed by atoms with E-state index in [0.29, 0.717) is 6.04 Å². The van der Waals surface area contributed by atoms with Crippen LogP contribution in [-0.2, 0) is 4.74 Å². The summed E-state index contributed by atoms with van der Waals surface area (Å²) in [5.74, 6) is 0.760. The zero-order valence-electron chi connectivity index (χ0n) is 12.3. The van der Waals surface area contributed by atoms with Gasteiger partial charge in [-0.1, -0.05) is 20.3 Å². The molecule has 1 saturated heterocycles. The zero-order chi connectivity index (χ0) is 12.9. The molecule has 3 heteroatoms. The van der Waals surface area contributed by atoms with Gasteiger partial charge in [0.1, 0.15) is 0 Å². The van der Waals surface area contributed by atoms with Crippen LogP contribution in [0.1, 0.15) is 40.5 Å². The largest absolute Gasteiger partial charge is 0.385 e. The van der Waals surface area contributed by atoms with Crippen LogP contribution < -0.4 is 5.32 Å². The van der Waals surface area contributed by atoms with E-state index < -0.39 is 0 Å². The Balaban J connectivity index is 2.50. The molecule has 2 unspecified atom stereocenters. The van der Waals surface area contributed by atoms with Crippen LogP contribution in [0.2, 0.25) is 0 Å². The molecule has 0 aromatic rings. The summed E-state index contributed by atoms with van der Waals surface area (Å²) < 4.78 is 5.15. The second-order valence-electron chi connectivity index (χ2n) is 5.98. The molecule has 0 aromatic heterocycles. The van der Waals surface area contributed by atoms with E-state index in [1.807, 2.05) is 0 Å². The fraction of sp³-hybridized carbons (Fsp3) is 1.00. The molecule has 0 bridgehead atoms. The van der Waals surface area contributed by atoms with Crippen molar-refractivity contribution in [2.75, 3.05) is 33.4 Å². The van der Waals surface area contributed by atoms with Gasteiger partial charge >= 0.3 is 0 Å². The number of hydrogen-bond donors (Lipinski definition) is 1. The maximum atomic E-state index is 5.15. The van der Waals surface area contributed by atoms with Crippen LogP contribution in [-0.4, -0.2) is 49.8 Å². The average molecular weight is 242 g/mol. The molecule has 1 N–H and O–H groups in total. The van der Waals surface area contributed by atoms with Gasteiger partial charge in [-0.15, -0.1) is 0 Å². The van der Waals surface area contributed by atoms with E-state index in [1.165, 1.54) is 13.0 Å². The van der Waals surface area contributed by atoms with Crippen molar-refractivity contribution in [3.63, 3.8) is 0 Å². The number of hydrogen-bond acceptors (Lipinski definition) is 3. The molecule has 17 heavy (non-hydrogen) atoms. The zero-order valence-corrected chi connectivity index (χ0v) is 12.3. The van der Waals surface area contributed by atoms with Gasteiger partial charge < -0.3 is 10.1 Å². The molecule has 1 fully saturated rings. The minimum absolute atomic E-state index is 0.275. The van der Waals surface area contributed by atoms with E-state index in [0.717, 1.165) is 32.0 Å². The van der Waals surface area contributed by atoms with Crippen LogP contribution >= 0.6 is 0 Å². The van der Waals surface area contributed by atoms with E-state index in [9.17, 15) is 0 Å². The van der Waals surface area contributed by atoms with Gasteiger partial charge in [-0.05, 0) is 26.2 Å². The predicted octanol–water partition coefficient (Wildman–Crippen LogP) is 2.12. The fourth-order valence-electron chi connectivity index (χ4n) is 2.50. The van der Waals surface area contributed by atoms with Crippen molar-refractivity contribution in [1.82, 2.24) is 10.2 Å². The van der Waals surface area contributed by atoms with Gasteiger partial charge in [-0.25, -0.2) is 0 Å². The van der Waals surface area contributed by atoms with Crippen LogP contribution in [0.15, 0.2) is 0 Å². The quantitative estimate of drug-likeness (QED) is 0.722. The van der Waals surface area contributed by atoms with Crippen molar-refractivity contribution in [2.24, 2.45) is 5.92 Å². The Morgan fingerprint density at radius 1 is 1.47 bits per heavy atom. The summed E-state index contributed by atoms with van der Waals surface area (Å²) in [4.78, 5) is 2.62. The summed E-state index contributed by atoms with van der Waals surface area (Å²) >= 11 is 0. The third-order valence-corrected chi connectivity index (χ3v) is 4.18. The minimum atomic E-state index is 0.275. The fourth-order valence-corrected chi connectivity index (χ4v) is 2.50. The van der Waals surface area contributed by atoms with Crippen LogP contribution in [0.3, 0.4) is 0 Å². The molecule has 0 radical (unpaired) electrons. The molecule has 0 spiro atoms. The Kier molecular flexibility index (Phi) is 5.90. The maximum Gasteiger partial charge on any atom is 0.0474 e. The lowest BCUT2D eigenvalue weighted by molar-refractivity contribution is 0.0439. The van der Waals surface area contributed by atoms with Crippen molar-refractivity contribution in [3.8, 4) is 0 Å². The SMILES string of the molecule is CCC(C)C1CN(CCCOC)C(C)(C)CN1. The van der Waals surface area contributed by atoms with Gasteiger partial charge in [0.15, 0.2) is 0 Å². The summed E-state index contributed by atoms with van der Waals surface area (Å²) in [7, 11) is 1.78. The smallest absolute Gasteiger partial charge is 0.0474 e. The van der Waals surface area contributed by atoms with Crippen LogP contribution in [0.4, 0.5) is 0 Å².